The van der Waals surface area contributed by atoms with E-state index in [0.717, 1.165) is 32.4 Å². The number of piperidine rings is 1. The molecule has 0 atom stereocenters. The van der Waals surface area contributed by atoms with Crippen molar-refractivity contribution in [1.82, 2.24) is 20.1 Å². The largest absolute Gasteiger partial charge is 0.317 e. The molecular weight excluding hydrogens is 218 g/mol. The van der Waals surface area contributed by atoms with Crippen LogP contribution >= 0.6 is 0 Å². The number of anilines is 1. The monoisotopic (exact) mass is 237 g/mol. The van der Waals surface area contributed by atoms with E-state index in [2.05, 4.69) is 27.6 Å². The second-order valence-corrected chi connectivity index (χ2v) is 4.55. The van der Waals surface area contributed by atoms with Crippen LogP contribution in [0.4, 0.5) is 5.95 Å². The van der Waals surface area contributed by atoms with Gasteiger partial charge < -0.3 is 5.32 Å². The molecule has 1 aromatic rings. The lowest BCUT2D eigenvalue weighted by atomic mass is 9.76. The van der Waals surface area contributed by atoms with Gasteiger partial charge in [0.1, 0.15) is 6.33 Å². The number of aromatic nitrogens is 3. The number of carbonyl (C=O) groups excluding carboxylic acids is 1. The Morgan fingerprint density at radius 3 is 2.82 bits per heavy atom. The number of nitrogens with one attached hydrogen (secondary N) is 2. The Kier molecular flexibility index (Phi) is 3.42. The number of rotatable bonds is 3. The zero-order valence-corrected chi connectivity index (χ0v) is 10.4. The molecule has 94 valence electrons. The van der Waals surface area contributed by atoms with Gasteiger partial charge in [0.05, 0.1) is 5.41 Å². The Labute approximate surface area is 101 Å². The summed E-state index contributed by atoms with van der Waals surface area (Å²) in [7, 11) is 1.77. The molecule has 17 heavy (non-hydrogen) atoms. The standard InChI is InChI=1S/C11H19N5O/c1-3-11(4-6-12-7-5-11)9(17)15-10-13-8-14-16(10)2/h8,12H,3-7H2,1-2H3,(H,13,14,15,17). The van der Waals surface area contributed by atoms with Gasteiger partial charge in [-0.25, -0.2) is 4.68 Å². The summed E-state index contributed by atoms with van der Waals surface area (Å²) < 4.78 is 1.57. The fraction of sp³-hybridized carbons (Fsp3) is 0.727. The van der Waals surface area contributed by atoms with Crippen molar-refractivity contribution in [3.8, 4) is 0 Å². The van der Waals surface area contributed by atoms with Gasteiger partial charge in [-0.05, 0) is 32.4 Å². The predicted molar refractivity (Wildman–Crippen MR) is 64.5 cm³/mol. The van der Waals surface area contributed by atoms with E-state index in [4.69, 9.17) is 0 Å². The van der Waals surface area contributed by atoms with Crippen molar-refractivity contribution in [2.24, 2.45) is 12.5 Å². The van der Waals surface area contributed by atoms with Crippen molar-refractivity contribution in [1.29, 1.82) is 0 Å². The number of hydrogen-bond acceptors (Lipinski definition) is 4. The fourth-order valence-electron chi connectivity index (χ4n) is 2.29. The van der Waals surface area contributed by atoms with E-state index in [9.17, 15) is 4.79 Å². The third kappa shape index (κ3) is 2.31. The predicted octanol–water partition coefficient (Wildman–Crippen LogP) is 0.533. The third-order valence-electron chi connectivity index (χ3n) is 3.66. The first-order chi connectivity index (χ1) is 8.18. The maximum absolute atomic E-state index is 12.4. The zero-order valence-electron chi connectivity index (χ0n) is 10.4. The van der Waals surface area contributed by atoms with Gasteiger partial charge in [0.15, 0.2) is 0 Å². The Morgan fingerprint density at radius 2 is 2.29 bits per heavy atom. The first-order valence-electron chi connectivity index (χ1n) is 6.04. The number of hydrogen-bond donors (Lipinski definition) is 2. The minimum absolute atomic E-state index is 0.0672. The summed E-state index contributed by atoms with van der Waals surface area (Å²) >= 11 is 0. The van der Waals surface area contributed by atoms with Crippen LogP contribution in [0.15, 0.2) is 6.33 Å². The fourth-order valence-corrected chi connectivity index (χ4v) is 2.29. The van der Waals surface area contributed by atoms with Gasteiger partial charge in [0.25, 0.3) is 0 Å². The molecule has 1 saturated heterocycles. The van der Waals surface area contributed by atoms with Crippen LogP contribution in [-0.2, 0) is 11.8 Å². The van der Waals surface area contributed by atoms with E-state index in [1.807, 2.05) is 0 Å². The Balaban J connectivity index is 2.10. The van der Waals surface area contributed by atoms with Gasteiger partial charge in [0.2, 0.25) is 11.9 Å². The molecule has 0 spiro atoms. The van der Waals surface area contributed by atoms with E-state index in [-0.39, 0.29) is 11.3 Å². The lowest BCUT2D eigenvalue weighted by Crippen LogP contribution is -2.44. The number of nitrogens with zero attached hydrogens (tertiary/aromatic N) is 3. The SMILES string of the molecule is CCC1(C(=O)Nc2ncnn2C)CCNCC1. The van der Waals surface area contributed by atoms with Gasteiger partial charge in [-0.3, -0.25) is 10.1 Å². The minimum Gasteiger partial charge on any atom is -0.317 e. The normalized spacial score (nSPS) is 18.9. The molecule has 1 aromatic heterocycles. The molecule has 0 saturated carbocycles. The molecule has 1 aliphatic heterocycles. The van der Waals surface area contributed by atoms with E-state index >= 15 is 0 Å². The second-order valence-electron chi connectivity index (χ2n) is 4.55. The van der Waals surface area contributed by atoms with Gasteiger partial charge in [-0.2, -0.15) is 10.1 Å². The summed E-state index contributed by atoms with van der Waals surface area (Å²) in [6, 6.07) is 0. The summed E-state index contributed by atoms with van der Waals surface area (Å²) in [5.74, 6) is 0.582. The van der Waals surface area contributed by atoms with Gasteiger partial charge in [0, 0.05) is 7.05 Å². The van der Waals surface area contributed by atoms with Crippen LogP contribution in [0.25, 0.3) is 0 Å². The maximum atomic E-state index is 12.4. The van der Waals surface area contributed by atoms with Crippen LogP contribution in [0.5, 0.6) is 0 Å². The highest BCUT2D eigenvalue weighted by atomic mass is 16.2. The molecule has 0 bridgehead atoms. The molecule has 0 radical (unpaired) electrons. The lowest BCUT2D eigenvalue weighted by Gasteiger charge is -2.35. The molecule has 2 N–H and O–H groups in total. The smallest absolute Gasteiger partial charge is 0.233 e. The highest BCUT2D eigenvalue weighted by Gasteiger charge is 2.38. The molecule has 2 rings (SSSR count). The summed E-state index contributed by atoms with van der Waals surface area (Å²) in [6.07, 6.45) is 4.06. The Bertz CT molecular complexity index is 394. The highest BCUT2D eigenvalue weighted by Crippen LogP contribution is 2.33. The van der Waals surface area contributed by atoms with Crippen molar-refractivity contribution in [2.75, 3.05) is 18.4 Å². The molecule has 1 amide bonds. The Hall–Kier alpha value is -1.43. The average Bonchev–Trinajstić information content (AvgIpc) is 2.76. The van der Waals surface area contributed by atoms with Gasteiger partial charge >= 0.3 is 0 Å². The van der Waals surface area contributed by atoms with E-state index < -0.39 is 0 Å². The molecule has 0 aliphatic carbocycles. The minimum atomic E-state index is -0.253. The molecule has 0 unspecified atom stereocenters. The van der Waals surface area contributed by atoms with Crippen molar-refractivity contribution in [3.63, 3.8) is 0 Å². The van der Waals surface area contributed by atoms with Crippen LogP contribution in [0.3, 0.4) is 0 Å². The molecule has 6 heteroatoms. The van der Waals surface area contributed by atoms with Crippen molar-refractivity contribution >= 4 is 11.9 Å². The zero-order chi connectivity index (χ0) is 12.3. The molecular formula is C11H19N5O. The highest BCUT2D eigenvalue weighted by molar-refractivity contribution is 5.94. The number of amides is 1. The van der Waals surface area contributed by atoms with E-state index in [1.54, 1.807) is 11.7 Å². The summed E-state index contributed by atoms with van der Waals surface area (Å²) in [5, 5.41) is 10.1. The quantitative estimate of drug-likeness (QED) is 0.804. The summed E-state index contributed by atoms with van der Waals surface area (Å²) in [6.45, 7) is 3.88. The first kappa shape index (κ1) is 12.0. The van der Waals surface area contributed by atoms with Gasteiger partial charge in [-0.1, -0.05) is 6.92 Å². The molecule has 2 heterocycles. The topological polar surface area (TPSA) is 71.8 Å². The van der Waals surface area contributed by atoms with Gasteiger partial charge in [-0.15, -0.1) is 0 Å². The van der Waals surface area contributed by atoms with Crippen LogP contribution in [0, 0.1) is 5.41 Å². The number of carbonyl (C=O) groups is 1. The van der Waals surface area contributed by atoms with E-state index in [0.29, 0.717) is 5.95 Å². The summed E-state index contributed by atoms with van der Waals surface area (Å²) in [5.41, 5.74) is -0.253. The van der Waals surface area contributed by atoms with Crippen LogP contribution in [0.1, 0.15) is 26.2 Å². The van der Waals surface area contributed by atoms with E-state index in [1.165, 1.54) is 6.33 Å². The maximum Gasteiger partial charge on any atom is 0.233 e. The van der Waals surface area contributed by atoms with Crippen molar-refractivity contribution < 1.29 is 4.79 Å². The molecule has 1 aliphatic rings. The van der Waals surface area contributed by atoms with Crippen molar-refractivity contribution in [2.45, 2.75) is 26.2 Å². The third-order valence-corrected chi connectivity index (χ3v) is 3.66. The second kappa shape index (κ2) is 4.83. The molecule has 1 fully saturated rings. The molecule has 0 aromatic carbocycles. The van der Waals surface area contributed by atoms with Crippen molar-refractivity contribution in [3.05, 3.63) is 6.33 Å². The number of aryl methyl sites for hydroxylation is 1. The molecule has 6 nitrogen and oxygen atoms in total. The van der Waals surface area contributed by atoms with Crippen LogP contribution in [0.2, 0.25) is 0 Å². The first-order valence-corrected chi connectivity index (χ1v) is 6.04. The lowest BCUT2D eigenvalue weighted by molar-refractivity contribution is -0.127. The average molecular weight is 237 g/mol. The summed E-state index contributed by atoms with van der Waals surface area (Å²) in [4.78, 5) is 16.4. The Morgan fingerprint density at radius 1 is 1.59 bits per heavy atom. The van der Waals surface area contributed by atoms with Crippen LogP contribution < -0.4 is 10.6 Å². The van der Waals surface area contributed by atoms with Crippen LogP contribution in [-0.4, -0.2) is 33.8 Å².